The molecule has 1 aromatic carbocycles. The van der Waals surface area contributed by atoms with Gasteiger partial charge in [0, 0.05) is 19.0 Å². The largest absolute Gasteiger partial charge is 0.494 e. The zero-order valence-corrected chi connectivity index (χ0v) is 17.7. The molecule has 0 saturated carbocycles. The number of amides is 3. The van der Waals surface area contributed by atoms with Crippen molar-refractivity contribution in [2.75, 3.05) is 13.2 Å². The molecule has 30 heavy (non-hydrogen) atoms. The van der Waals surface area contributed by atoms with Crippen LogP contribution in [0.25, 0.3) is 6.08 Å². The second-order valence-electron chi connectivity index (χ2n) is 6.79. The normalized spacial score (nSPS) is 15.6. The van der Waals surface area contributed by atoms with Crippen LogP contribution in [0, 0.1) is 0 Å². The summed E-state index contributed by atoms with van der Waals surface area (Å²) in [6.45, 7) is 2.92. The molecule has 1 aliphatic heterocycles. The lowest BCUT2D eigenvalue weighted by molar-refractivity contribution is -0.122. The van der Waals surface area contributed by atoms with Crippen molar-refractivity contribution < 1.29 is 19.1 Å². The van der Waals surface area contributed by atoms with Gasteiger partial charge in [-0.2, -0.15) is 0 Å². The number of nitrogens with two attached hydrogens (primary N) is 2. The number of aliphatic imine (C=N–C) groups is 1. The summed E-state index contributed by atoms with van der Waals surface area (Å²) in [6, 6.07) is 7.23. The number of rotatable bonds is 11. The Morgan fingerprint density at radius 3 is 2.63 bits per heavy atom. The van der Waals surface area contributed by atoms with Gasteiger partial charge in [-0.3, -0.25) is 24.7 Å². The van der Waals surface area contributed by atoms with Crippen molar-refractivity contribution >= 4 is 40.9 Å². The zero-order chi connectivity index (χ0) is 21.9. The number of guanidine groups is 1. The highest BCUT2D eigenvalue weighted by Gasteiger charge is 2.24. The van der Waals surface area contributed by atoms with Gasteiger partial charge in [0.15, 0.2) is 5.96 Å². The molecule has 6 N–H and O–H groups in total. The SMILES string of the molecule is CC(CCCN=C(N)N)NC(=O)CCCOc1ccc(/C=C2\SC(=O)NC2=O)cc1. The Kier molecular flexibility index (Phi) is 9.20. The van der Waals surface area contributed by atoms with E-state index in [9.17, 15) is 14.4 Å². The summed E-state index contributed by atoms with van der Waals surface area (Å²) in [4.78, 5) is 39.0. The van der Waals surface area contributed by atoms with Gasteiger partial charge in [0.2, 0.25) is 5.91 Å². The summed E-state index contributed by atoms with van der Waals surface area (Å²) >= 11 is 0.879. The Morgan fingerprint density at radius 2 is 2.00 bits per heavy atom. The standard InChI is InChI=1S/C20H27N5O4S/c1-13(4-2-10-23-19(21)22)24-17(26)5-3-11-29-15-8-6-14(7-9-15)12-16-18(27)25-20(28)30-16/h6-9,12-13H,2-5,10-11H2,1H3,(H,24,26)(H4,21,22,23)(H,25,27,28)/b16-12-. The van der Waals surface area contributed by atoms with Crippen LogP contribution in [0.15, 0.2) is 34.2 Å². The van der Waals surface area contributed by atoms with Gasteiger partial charge in [0.1, 0.15) is 5.75 Å². The van der Waals surface area contributed by atoms with Crippen LogP contribution >= 0.6 is 11.8 Å². The summed E-state index contributed by atoms with van der Waals surface area (Å²) in [7, 11) is 0. The van der Waals surface area contributed by atoms with Crippen molar-refractivity contribution in [1.29, 1.82) is 0 Å². The first kappa shape index (κ1) is 23.3. The minimum Gasteiger partial charge on any atom is -0.494 e. The van der Waals surface area contributed by atoms with Crippen molar-refractivity contribution in [3.8, 4) is 5.75 Å². The maximum absolute atomic E-state index is 12.0. The highest BCUT2D eigenvalue weighted by molar-refractivity contribution is 8.18. The number of carbonyl (C=O) groups is 3. The van der Waals surface area contributed by atoms with Crippen LogP contribution in [-0.4, -0.2) is 42.2 Å². The minimum absolute atomic E-state index is 0.0169. The third-order valence-electron chi connectivity index (χ3n) is 4.13. The average Bonchev–Trinajstić information content (AvgIpc) is 3.00. The number of thioether (sulfide) groups is 1. The Labute approximate surface area is 179 Å². The Bertz CT molecular complexity index is 819. The van der Waals surface area contributed by atoms with Crippen LogP contribution in [0.5, 0.6) is 5.75 Å². The molecule has 9 nitrogen and oxygen atoms in total. The summed E-state index contributed by atoms with van der Waals surface area (Å²) in [5.74, 6) is 0.351. The molecular weight excluding hydrogens is 406 g/mol. The predicted octanol–water partition coefficient (Wildman–Crippen LogP) is 1.73. The van der Waals surface area contributed by atoms with Gasteiger partial charge in [-0.1, -0.05) is 12.1 Å². The van der Waals surface area contributed by atoms with Gasteiger partial charge in [0.25, 0.3) is 11.1 Å². The fourth-order valence-corrected chi connectivity index (χ4v) is 3.36. The monoisotopic (exact) mass is 433 g/mol. The molecule has 1 unspecified atom stereocenters. The molecule has 1 fully saturated rings. The van der Waals surface area contributed by atoms with Gasteiger partial charge in [-0.05, 0) is 61.7 Å². The van der Waals surface area contributed by atoms with E-state index in [0.717, 1.165) is 30.2 Å². The van der Waals surface area contributed by atoms with Gasteiger partial charge in [-0.25, -0.2) is 0 Å². The summed E-state index contributed by atoms with van der Waals surface area (Å²) in [5, 5.41) is 4.79. The molecule has 1 aromatic rings. The Balaban J connectivity index is 1.64. The molecule has 0 radical (unpaired) electrons. The quantitative estimate of drug-likeness (QED) is 0.180. The lowest BCUT2D eigenvalue weighted by atomic mass is 10.1. The van der Waals surface area contributed by atoms with Crippen LogP contribution in [0.3, 0.4) is 0 Å². The van der Waals surface area contributed by atoms with Gasteiger partial charge >= 0.3 is 0 Å². The molecule has 3 amide bonds. The Hall–Kier alpha value is -3.01. The van der Waals surface area contributed by atoms with Crippen LogP contribution in [0.2, 0.25) is 0 Å². The Morgan fingerprint density at radius 1 is 1.27 bits per heavy atom. The third-order valence-corrected chi connectivity index (χ3v) is 4.94. The van der Waals surface area contributed by atoms with Gasteiger partial charge < -0.3 is 21.5 Å². The first-order chi connectivity index (χ1) is 14.3. The molecule has 0 aliphatic carbocycles. The van der Waals surface area contributed by atoms with Crippen LogP contribution in [0.1, 0.15) is 38.2 Å². The molecule has 0 aromatic heterocycles. The molecule has 1 atom stereocenters. The molecule has 1 aliphatic rings. The predicted molar refractivity (Wildman–Crippen MR) is 118 cm³/mol. The molecule has 0 bridgehead atoms. The van der Waals surface area contributed by atoms with Gasteiger partial charge in [0.05, 0.1) is 11.5 Å². The van der Waals surface area contributed by atoms with Crippen molar-refractivity contribution in [3.63, 3.8) is 0 Å². The molecule has 2 rings (SSSR count). The number of nitrogens with zero attached hydrogens (tertiary/aromatic N) is 1. The van der Waals surface area contributed by atoms with Crippen LogP contribution in [-0.2, 0) is 9.59 Å². The summed E-state index contributed by atoms with van der Waals surface area (Å²) < 4.78 is 5.65. The van der Waals surface area contributed by atoms with E-state index in [0.29, 0.717) is 36.6 Å². The zero-order valence-electron chi connectivity index (χ0n) is 16.8. The minimum atomic E-state index is -0.383. The maximum atomic E-state index is 12.0. The van der Waals surface area contributed by atoms with Crippen molar-refractivity contribution in [2.24, 2.45) is 16.5 Å². The number of imide groups is 1. The summed E-state index contributed by atoms with van der Waals surface area (Å²) in [5.41, 5.74) is 11.3. The smallest absolute Gasteiger partial charge is 0.290 e. The lowest BCUT2D eigenvalue weighted by Crippen LogP contribution is -2.32. The third kappa shape index (κ3) is 8.56. The number of benzene rings is 1. The van der Waals surface area contributed by atoms with Crippen molar-refractivity contribution in [1.82, 2.24) is 10.6 Å². The van der Waals surface area contributed by atoms with Crippen molar-refractivity contribution in [2.45, 2.75) is 38.6 Å². The van der Waals surface area contributed by atoms with E-state index in [1.807, 2.05) is 6.92 Å². The molecule has 10 heteroatoms. The van der Waals surface area contributed by atoms with E-state index in [2.05, 4.69) is 15.6 Å². The molecule has 162 valence electrons. The van der Waals surface area contributed by atoms with E-state index in [1.165, 1.54) is 0 Å². The average molecular weight is 434 g/mol. The maximum Gasteiger partial charge on any atom is 0.290 e. The first-order valence-electron chi connectivity index (χ1n) is 9.66. The van der Waals surface area contributed by atoms with Gasteiger partial charge in [-0.15, -0.1) is 0 Å². The van der Waals surface area contributed by atoms with E-state index in [4.69, 9.17) is 16.2 Å². The van der Waals surface area contributed by atoms with E-state index in [1.54, 1.807) is 30.3 Å². The van der Waals surface area contributed by atoms with Crippen LogP contribution < -0.4 is 26.8 Å². The number of ether oxygens (including phenoxy) is 1. The number of nitrogens with one attached hydrogen (secondary N) is 2. The van der Waals surface area contributed by atoms with Crippen molar-refractivity contribution in [3.05, 3.63) is 34.7 Å². The molecule has 1 saturated heterocycles. The highest BCUT2D eigenvalue weighted by atomic mass is 32.2. The fourth-order valence-electron chi connectivity index (χ4n) is 2.68. The lowest BCUT2D eigenvalue weighted by Gasteiger charge is -2.13. The second kappa shape index (κ2) is 11.9. The van der Waals surface area contributed by atoms with E-state index < -0.39 is 0 Å². The molecule has 1 heterocycles. The van der Waals surface area contributed by atoms with E-state index >= 15 is 0 Å². The number of hydrogen-bond donors (Lipinski definition) is 4. The fraction of sp³-hybridized carbons (Fsp3) is 0.400. The molecular formula is C20H27N5O4S. The molecule has 0 spiro atoms. The number of carbonyl (C=O) groups excluding carboxylic acids is 3. The first-order valence-corrected chi connectivity index (χ1v) is 10.5. The van der Waals surface area contributed by atoms with E-state index in [-0.39, 0.29) is 29.1 Å². The summed E-state index contributed by atoms with van der Waals surface area (Å²) in [6.07, 6.45) is 4.22. The highest BCUT2D eigenvalue weighted by Crippen LogP contribution is 2.26. The second-order valence-corrected chi connectivity index (χ2v) is 7.81. The number of hydrogen-bond acceptors (Lipinski definition) is 6. The van der Waals surface area contributed by atoms with Crippen LogP contribution in [0.4, 0.5) is 4.79 Å². The topological polar surface area (TPSA) is 149 Å².